The molecule has 19 heavy (non-hydrogen) atoms. The third-order valence-electron chi connectivity index (χ3n) is 2.62. The average molecular weight is 345 g/mol. The van der Waals surface area contributed by atoms with E-state index in [0.717, 1.165) is 4.47 Å². The molecule has 0 spiro atoms. The van der Waals surface area contributed by atoms with Gasteiger partial charge >= 0.3 is 0 Å². The normalized spacial score (nSPS) is 11.7. The first kappa shape index (κ1) is 14.0. The van der Waals surface area contributed by atoms with Gasteiger partial charge in [0.25, 0.3) is 0 Å². The maximum atomic E-state index is 12.3. The molecule has 102 valence electrons. The summed E-state index contributed by atoms with van der Waals surface area (Å²) in [5, 5.41) is 3.95. The van der Waals surface area contributed by atoms with E-state index in [9.17, 15) is 8.42 Å². The Labute approximate surface area is 119 Å². The smallest absolute Gasteiger partial charge is 0.187 e. The Morgan fingerprint density at radius 1 is 1.42 bits per heavy atom. The molecule has 0 aliphatic heterocycles. The highest BCUT2D eigenvalue weighted by Gasteiger charge is 2.21. The van der Waals surface area contributed by atoms with E-state index in [-0.39, 0.29) is 16.3 Å². The summed E-state index contributed by atoms with van der Waals surface area (Å²) >= 11 is 3.25. The lowest BCUT2D eigenvalue weighted by molar-refractivity contribution is 0.584. The minimum atomic E-state index is -3.53. The number of nitrogen functional groups attached to an aromatic ring is 1. The van der Waals surface area contributed by atoms with Gasteiger partial charge in [0, 0.05) is 11.0 Å². The lowest BCUT2D eigenvalue weighted by Gasteiger charge is -2.08. The molecule has 0 saturated heterocycles. The van der Waals surface area contributed by atoms with Crippen LogP contribution in [0.15, 0.2) is 33.9 Å². The van der Waals surface area contributed by atoms with Gasteiger partial charge in [-0.05, 0) is 25.1 Å². The largest absolute Gasteiger partial charge is 0.398 e. The lowest BCUT2D eigenvalue weighted by Crippen LogP contribution is -2.13. The van der Waals surface area contributed by atoms with Crippen molar-refractivity contribution < 1.29 is 8.42 Å². The number of hydrogen-bond acceptors (Lipinski definition) is 5. The van der Waals surface area contributed by atoms with E-state index in [1.807, 2.05) is 6.92 Å². The average Bonchev–Trinajstić information content (AvgIpc) is 2.74. The van der Waals surface area contributed by atoms with E-state index in [1.54, 1.807) is 16.8 Å². The first-order valence-corrected chi connectivity index (χ1v) is 8.03. The molecule has 0 saturated carbocycles. The third-order valence-corrected chi connectivity index (χ3v) is 4.79. The molecule has 1 heterocycles. The van der Waals surface area contributed by atoms with Crippen LogP contribution in [0.5, 0.6) is 0 Å². The van der Waals surface area contributed by atoms with E-state index in [0.29, 0.717) is 12.4 Å². The summed E-state index contributed by atoms with van der Waals surface area (Å²) in [4.78, 5) is 4.08. The van der Waals surface area contributed by atoms with Crippen molar-refractivity contribution in [2.24, 2.45) is 0 Å². The highest BCUT2D eigenvalue weighted by molar-refractivity contribution is 9.10. The van der Waals surface area contributed by atoms with E-state index >= 15 is 0 Å². The van der Waals surface area contributed by atoms with Crippen LogP contribution in [0.25, 0.3) is 0 Å². The standard InChI is InChI=1S/C11H13BrN4O2S/c1-2-16-11(14-7-15-16)6-19(17,18)10-4-3-8(12)5-9(10)13/h3-5,7H,2,6,13H2,1H3. The Bertz CT molecular complexity index is 696. The second kappa shape index (κ2) is 5.30. The van der Waals surface area contributed by atoms with Crippen LogP contribution in [0, 0.1) is 0 Å². The molecule has 2 aromatic rings. The van der Waals surface area contributed by atoms with Gasteiger partial charge in [-0.2, -0.15) is 5.10 Å². The van der Waals surface area contributed by atoms with E-state index in [1.165, 1.54) is 12.4 Å². The molecular weight excluding hydrogens is 332 g/mol. The minimum absolute atomic E-state index is 0.112. The van der Waals surface area contributed by atoms with Crippen LogP contribution < -0.4 is 5.73 Å². The third kappa shape index (κ3) is 2.95. The van der Waals surface area contributed by atoms with Gasteiger partial charge in [-0.1, -0.05) is 15.9 Å². The zero-order valence-corrected chi connectivity index (χ0v) is 12.6. The maximum Gasteiger partial charge on any atom is 0.187 e. The zero-order chi connectivity index (χ0) is 14.0. The Balaban J connectivity index is 2.38. The SMILES string of the molecule is CCn1ncnc1CS(=O)(=O)c1ccc(Br)cc1N. The fourth-order valence-electron chi connectivity index (χ4n) is 1.71. The quantitative estimate of drug-likeness (QED) is 0.851. The van der Waals surface area contributed by atoms with E-state index in [4.69, 9.17) is 5.73 Å². The molecule has 0 atom stereocenters. The van der Waals surface area contributed by atoms with Gasteiger partial charge < -0.3 is 5.73 Å². The number of benzene rings is 1. The van der Waals surface area contributed by atoms with Gasteiger partial charge in [-0.15, -0.1) is 0 Å². The van der Waals surface area contributed by atoms with Crippen molar-refractivity contribution in [2.75, 3.05) is 5.73 Å². The highest BCUT2D eigenvalue weighted by atomic mass is 79.9. The van der Waals surface area contributed by atoms with Gasteiger partial charge in [-0.25, -0.2) is 18.1 Å². The van der Waals surface area contributed by atoms with Crippen molar-refractivity contribution in [1.82, 2.24) is 14.8 Å². The van der Waals surface area contributed by atoms with Crippen LogP contribution in [0.4, 0.5) is 5.69 Å². The van der Waals surface area contributed by atoms with Crippen LogP contribution in [-0.2, 0) is 22.1 Å². The zero-order valence-electron chi connectivity index (χ0n) is 10.2. The minimum Gasteiger partial charge on any atom is -0.398 e. The molecule has 0 radical (unpaired) electrons. The van der Waals surface area contributed by atoms with Crippen molar-refractivity contribution in [1.29, 1.82) is 0 Å². The fourth-order valence-corrected chi connectivity index (χ4v) is 3.51. The number of aryl methyl sites for hydroxylation is 1. The molecule has 0 bridgehead atoms. The molecule has 8 heteroatoms. The van der Waals surface area contributed by atoms with Crippen LogP contribution in [-0.4, -0.2) is 23.2 Å². The topological polar surface area (TPSA) is 90.9 Å². The van der Waals surface area contributed by atoms with E-state index in [2.05, 4.69) is 26.0 Å². The van der Waals surface area contributed by atoms with Crippen LogP contribution in [0.2, 0.25) is 0 Å². The van der Waals surface area contributed by atoms with E-state index < -0.39 is 9.84 Å². The first-order valence-electron chi connectivity index (χ1n) is 5.58. The van der Waals surface area contributed by atoms with Gasteiger partial charge in [0.15, 0.2) is 9.84 Å². The van der Waals surface area contributed by atoms with Crippen molar-refractivity contribution in [3.05, 3.63) is 34.8 Å². The Morgan fingerprint density at radius 2 is 2.16 bits per heavy atom. The van der Waals surface area contributed by atoms with Crippen molar-refractivity contribution in [3.63, 3.8) is 0 Å². The molecule has 1 aromatic heterocycles. The Kier molecular flexibility index (Phi) is 3.91. The predicted molar refractivity (Wildman–Crippen MR) is 75.1 cm³/mol. The van der Waals surface area contributed by atoms with Crippen LogP contribution >= 0.6 is 15.9 Å². The molecule has 2 rings (SSSR count). The van der Waals surface area contributed by atoms with Gasteiger partial charge in [0.1, 0.15) is 17.9 Å². The first-order chi connectivity index (χ1) is 8.94. The summed E-state index contributed by atoms with van der Waals surface area (Å²) in [6.07, 6.45) is 1.35. The number of anilines is 1. The number of rotatable bonds is 4. The monoisotopic (exact) mass is 344 g/mol. The molecule has 0 aliphatic carbocycles. The molecular formula is C11H13BrN4O2S. The molecule has 0 aliphatic rings. The maximum absolute atomic E-state index is 12.3. The molecule has 1 aromatic carbocycles. The summed E-state index contributed by atoms with van der Waals surface area (Å²) in [6.45, 7) is 2.44. The second-order valence-corrected chi connectivity index (χ2v) is 6.81. The number of hydrogen-bond donors (Lipinski definition) is 1. The number of halogens is 1. The number of aromatic nitrogens is 3. The van der Waals surface area contributed by atoms with Crippen LogP contribution in [0.3, 0.4) is 0 Å². The van der Waals surface area contributed by atoms with Crippen molar-refractivity contribution >= 4 is 31.5 Å². The Hall–Kier alpha value is -1.41. The summed E-state index contributed by atoms with van der Waals surface area (Å²) in [7, 11) is -3.53. The van der Waals surface area contributed by atoms with Gasteiger partial charge in [0.2, 0.25) is 0 Å². The Morgan fingerprint density at radius 3 is 2.79 bits per heavy atom. The number of sulfone groups is 1. The molecule has 2 N–H and O–H groups in total. The van der Waals surface area contributed by atoms with Gasteiger partial charge in [-0.3, -0.25) is 0 Å². The van der Waals surface area contributed by atoms with Crippen molar-refractivity contribution in [2.45, 2.75) is 24.1 Å². The van der Waals surface area contributed by atoms with Gasteiger partial charge in [0.05, 0.1) is 10.6 Å². The number of nitrogens with two attached hydrogens (primary N) is 1. The molecule has 0 fully saturated rings. The number of nitrogens with zero attached hydrogens (tertiary/aromatic N) is 3. The molecule has 0 unspecified atom stereocenters. The van der Waals surface area contributed by atoms with Crippen LogP contribution in [0.1, 0.15) is 12.7 Å². The fraction of sp³-hybridized carbons (Fsp3) is 0.273. The summed E-state index contributed by atoms with van der Waals surface area (Å²) in [6, 6.07) is 4.70. The summed E-state index contributed by atoms with van der Waals surface area (Å²) < 4.78 is 26.9. The lowest BCUT2D eigenvalue weighted by atomic mass is 10.3. The van der Waals surface area contributed by atoms with Crippen molar-refractivity contribution in [3.8, 4) is 0 Å². The summed E-state index contributed by atoms with van der Waals surface area (Å²) in [5.74, 6) is 0.192. The predicted octanol–water partition coefficient (Wildman–Crippen LogP) is 1.62. The molecule has 0 amide bonds. The summed E-state index contributed by atoms with van der Waals surface area (Å²) in [5.41, 5.74) is 5.97. The second-order valence-electron chi connectivity index (χ2n) is 3.93. The highest BCUT2D eigenvalue weighted by Crippen LogP contribution is 2.25. The molecule has 6 nitrogen and oxygen atoms in total.